The molecule has 19 heavy (non-hydrogen) atoms. The highest BCUT2D eigenvalue weighted by Gasteiger charge is 2.37. The molecule has 4 nitrogen and oxygen atoms in total. The molecule has 3 N–H and O–H groups in total. The number of nitrogens with one attached hydrogen (secondary N) is 2. The molecule has 0 bridgehead atoms. The minimum Gasteiger partial charge on any atom is -0.396 e. The Morgan fingerprint density at radius 2 is 2.21 bits per heavy atom. The number of amides is 1. The molecular formula is C15H28N2O2. The van der Waals surface area contributed by atoms with Crippen LogP contribution in [-0.4, -0.2) is 36.2 Å². The van der Waals surface area contributed by atoms with Crippen LogP contribution in [0, 0.1) is 11.8 Å². The Labute approximate surface area is 116 Å². The zero-order valence-corrected chi connectivity index (χ0v) is 12.0. The lowest BCUT2D eigenvalue weighted by Crippen LogP contribution is -2.43. The summed E-state index contributed by atoms with van der Waals surface area (Å²) in [4.78, 5) is 12.1. The first kappa shape index (κ1) is 14.8. The van der Waals surface area contributed by atoms with Gasteiger partial charge in [0.1, 0.15) is 0 Å². The van der Waals surface area contributed by atoms with E-state index in [-0.39, 0.29) is 18.6 Å². The van der Waals surface area contributed by atoms with Crippen molar-refractivity contribution < 1.29 is 9.90 Å². The molecule has 1 saturated carbocycles. The van der Waals surface area contributed by atoms with Gasteiger partial charge in [-0.05, 0) is 43.9 Å². The summed E-state index contributed by atoms with van der Waals surface area (Å²) in [7, 11) is 0. The molecule has 1 aliphatic heterocycles. The fourth-order valence-corrected chi connectivity index (χ4v) is 3.40. The number of hydrogen-bond acceptors (Lipinski definition) is 3. The van der Waals surface area contributed by atoms with Gasteiger partial charge in [0.25, 0.3) is 0 Å². The van der Waals surface area contributed by atoms with E-state index < -0.39 is 0 Å². The Morgan fingerprint density at radius 3 is 2.95 bits per heavy atom. The maximum absolute atomic E-state index is 12.1. The summed E-state index contributed by atoms with van der Waals surface area (Å²) >= 11 is 0. The van der Waals surface area contributed by atoms with Crippen molar-refractivity contribution in [3.05, 3.63) is 0 Å². The fourth-order valence-electron chi connectivity index (χ4n) is 3.40. The number of carbonyl (C=O) groups excluding carboxylic acids is 1. The molecule has 4 unspecified atom stereocenters. The standard InChI is InChI=1S/C15H28N2O2/c1-11(10-18)5-4-8-16-15(19)14-9-12-6-2-3-7-13(12)17-14/h11-14,17-18H,2-10H2,1H3,(H,16,19). The molecule has 2 fully saturated rings. The van der Waals surface area contributed by atoms with Crippen LogP contribution < -0.4 is 10.6 Å². The molecule has 1 saturated heterocycles. The van der Waals surface area contributed by atoms with Crippen LogP contribution in [-0.2, 0) is 4.79 Å². The van der Waals surface area contributed by atoms with E-state index >= 15 is 0 Å². The van der Waals surface area contributed by atoms with Crippen LogP contribution >= 0.6 is 0 Å². The highest BCUT2D eigenvalue weighted by Crippen LogP contribution is 2.33. The highest BCUT2D eigenvalue weighted by molar-refractivity contribution is 5.82. The highest BCUT2D eigenvalue weighted by atomic mass is 16.3. The zero-order valence-electron chi connectivity index (χ0n) is 12.0. The Balaban J connectivity index is 1.64. The van der Waals surface area contributed by atoms with Gasteiger partial charge < -0.3 is 15.7 Å². The third-order valence-electron chi connectivity index (χ3n) is 4.66. The molecule has 1 heterocycles. The summed E-state index contributed by atoms with van der Waals surface area (Å²) in [6.45, 7) is 3.00. The molecule has 0 aromatic rings. The molecule has 2 rings (SSSR count). The van der Waals surface area contributed by atoms with Crippen LogP contribution in [0.25, 0.3) is 0 Å². The van der Waals surface area contributed by atoms with Crippen molar-refractivity contribution in [3.8, 4) is 0 Å². The lowest BCUT2D eigenvalue weighted by Gasteiger charge is -2.24. The molecular weight excluding hydrogens is 240 g/mol. The molecule has 0 radical (unpaired) electrons. The molecule has 1 amide bonds. The Kier molecular flexibility index (Phi) is 5.64. The van der Waals surface area contributed by atoms with E-state index in [4.69, 9.17) is 5.11 Å². The molecule has 2 aliphatic rings. The summed E-state index contributed by atoms with van der Waals surface area (Å²) in [5, 5.41) is 15.5. The van der Waals surface area contributed by atoms with Crippen LogP contribution in [0.5, 0.6) is 0 Å². The molecule has 110 valence electrons. The number of carbonyl (C=O) groups is 1. The lowest BCUT2D eigenvalue weighted by atomic mass is 9.85. The first-order valence-electron chi connectivity index (χ1n) is 7.85. The second-order valence-electron chi connectivity index (χ2n) is 6.33. The van der Waals surface area contributed by atoms with Crippen molar-refractivity contribution in [2.75, 3.05) is 13.2 Å². The van der Waals surface area contributed by atoms with E-state index in [1.54, 1.807) is 0 Å². The van der Waals surface area contributed by atoms with Gasteiger partial charge in [0.05, 0.1) is 6.04 Å². The molecule has 0 aromatic carbocycles. The van der Waals surface area contributed by atoms with Crippen molar-refractivity contribution in [1.82, 2.24) is 10.6 Å². The third kappa shape index (κ3) is 4.18. The van der Waals surface area contributed by atoms with E-state index in [2.05, 4.69) is 10.6 Å². The maximum Gasteiger partial charge on any atom is 0.237 e. The van der Waals surface area contributed by atoms with Crippen molar-refractivity contribution in [2.45, 2.75) is 64.0 Å². The van der Waals surface area contributed by atoms with Crippen LogP contribution in [0.1, 0.15) is 51.9 Å². The smallest absolute Gasteiger partial charge is 0.237 e. The Hall–Kier alpha value is -0.610. The number of hydrogen-bond donors (Lipinski definition) is 3. The quantitative estimate of drug-likeness (QED) is 0.639. The minimum atomic E-state index is 0.0309. The van der Waals surface area contributed by atoms with Crippen LogP contribution in [0.2, 0.25) is 0 Å². The summed E-state index contributed by atoms with van der Waals surface area (Å²) in [5.41, 5.74) is 0. The average Bonchev–Trinajstić information content (AvgIpc) is 2.87. The molecule has 4 heteroatoms. The maximum atomic E-state index is 12.1. The van der Waals surface area contributed by atoms with E-state index in [9.17, 15) is 4.79 Å². The molecule has 4 atom stereocenters. The van der Waals surface area contributed by atoms with Crippen molar-refractivity contribution >= 4 is 5.91 Å². The van der Waals surface area contributed by atoms with Gasteiger partial charge >= 0.3 is 0 Å². The average molecular weight is 268 g/mol. The molecule has 0 spiro atoms. The largest absolute Gasteiger partial charge is 0.396 e. The fraction of sp³-hybridized carbons (Fsp3) is 0.933. The van der Waals surface area contributed by atoms with Crippen molar-refractivity contribution in [3.63, 3.8) is 0 Å². The van der Waals surface area contributed by atoms with E-state index in [0.717, 1.165) is 31.7 Å². The van der Waals surface area contributed by atoms with Gasteiger partial charge in [0, 0.05) is 19.2 Å². The molecule has 1 aliphatic carbocycles. The van der Waals surface area contributed by atoms with E-state index in [1.165, 1.54) is 25.7 Å². The van der Waals surface area contributed by atoms with Gasteiger partial charge in [-0.1, -0.05) is 19.8 Å². The Bertz CT molecular complexity index is 282. The first-order valence-corrected chi connectivity index (χ1v) is 7.85. The van der Waals surface area contributed by atoms with Gasteiger partial charge in [-0.2, -0.15) is 0 Å². The van der Waals surface area contributed by atoms with E-state index in [0.29, 0.717) is 12.0 Å². The van der Waals surface area contributed by atoms with Crippen LogP contribution in [0.4, 0.5) is 0 Å². The minimum absolute atomic E-state index is 0.0309. The predicted molar refractivity (Wildman–Crippen MR) is 75.8 cm³/mol. The molecule has 0 aromatic heterocycles. The number of aliphatic hydroxyl groups is 1. The second kappa shape index (κ2) is 7.25. The normalized spacial score (nSPS) is 31.8. The second-order valence-corrected chi connectivity index (χ2v) is 6.33. The van der Waals surface area contributed by atoms with Crippen molar-refractivity contribution in [2.24, 2.45) is 11.8 Å². The first-order chi connectivity index (χ1) is 9.20. The lowest BCUT2D eigenvalue weighted by molar-refractivity contribution is -0.122. The zero-order chi connectivity index (χ0) is 13.7. The van der Waals surface area contributed by atoms with Gasteiger partial charge in [-0.15, -0.1) is 0 Å². The predicted octanol–water partition coefficient (Wildman–Crippen LogP) is 1.43. The summed E-state index contributed by atoms with van der Waals surface area (Å²) in [5.74, 6) is 1.23. The van der Waals surface area contributed by atoms with Gasteiger partial charge in [0.2, 0.25) is 5.91 Å². The van der Waals surface area contributed by atoms with Crippen LogP contribution in [0.15, 0.2) is 0 Å². The van der Waals surface area contributed by atoms with Crippen molar-refractivity contribution in [1.29, 1.82) is 0 Å². The topological polar surface area (TPSA) is 61.4 Å². The summed E-state index contributed by atoms with van der Waals surface area (Å²) in [6.07, 6.45) is 8.10. The monoisotopic (exact) mass is 268 g/mol. The van der Waals surface area contributed by atoms with Crippen LogP contribution in [0.3, 0.4) is 0 Å². The summed E-state index contributed by atoms with van der Waals surface area (Å²) < 4.78 is 0. The van der Waals surface area contributed by atoms with Gasteiger partial charge in [-0.3, -0.25) is 4.79 Å². The number of aliphatic hydroxyl groups excluding tert-OH is 1. The van der Waals surface area contributed by atoms with Gasteiger partial charge in [-0.25, -0.2) is 0 Å². The van der Waals surface area contributed by atoms with Gasteiger partial charge in [0.15, 0.2) is 0 Å². The Morgan fingerprint density at radius 1 is 1.42 bits per heavy atom. The van der Waals surface area contributed by atoms with E-state index in [1.807, 2.05) is 6.92 Å². The number of fused-ring (bicyclic) bond motifs is 1. The SMILES string of the molecule is CC(CO)CCCNC(=O)C1CC2CCCCC2N1. The summed E-state index contributed by atoms with van der Waals surface area (Å²) in [6, 6.07) is 0.613. The number of rotatable bonds is 6. The third-order valence-corrected chi connectivity index (χ3v) is 4.66.